The number of aliphatic hydroxyl groups excluding tert-OH is 1. The predicted molar refractivity (Wildman–Crippen MR) is 170 cm³/mol. The lowest BCUT2D eigenvalue weighted by Gasteiger charge is -2.35. The van der Waals surface area contributed by atoms with Gasteiger partial charge in [0.1, 0.15) is 12.4 Å². The average molecular weight is 573 g/mol. The number of benzene rings is 1. The first-order valence-corrected chi connectivity index (χ1v) is 15.9. The van der Waals surface area contributed by atoms with Gasteiger partial charge in [-0.25, -0.2) is 0 Å². The molecular formula is C34H52O5S. The van der Waals surface area contributed by atoms with Crippen LogP contribution in [-0.2, 0) is 9.53 Å². The Labute approximate surface area is 245 Å². The van der Waals surface area contributed by atoms with Crippen molar-refractivity contribution in [3.8, 4) is 5.75 Å². The van der Waals surface area contributed by atoms with Crippen LogP contribution in [0.15, 0.2) is 23.0 Å². The zero-order valence-electron chi connectivity index (χ0n) is 26.1. The molecule has 1 aliphatic carbocycles. The highest BCUT2D eigenvalue weighted by atomic mass is 32.1. The third-order valence-corrected chi connectivity index (χ3v) is 9.12. The second-order valence-electron chi connectivity index (χ2n) is 12.2. The van der Waals surface area contributed by atoms with Crippen LogP contribution < -0.4 is 19.9 Å². The van der Waals surface area contributed by atoms with Gasteiger partial charge in [-0.3, -0.25) is 9.59 Å². The van der Waals surface area contributed by atoms with E-state index in [2.05, 4.69) is 40.7 Å². The van der Waals surface area contributed by atoms with Gasteiger partial charge in [0, 0.05) is 32.2 Å². The number of ether oxygens (including phenoxy) is 2. The van der Waals surface area contributed by atoms with Crippen molar-refractivity contribution in [3.05, 3.63) is 38.2 Å². The van der Waals surface area contributed by atoms with Gasteiger partial charge in [0.25, 0.3) is 0 Å². The zero-order valence-corrected chi connectivity index (χ0v) is 26.9. The normalized spacial score (nSPS) is 15.9. The fourth-order valence-corrected chi connectivity index (χ4v) is 5.80. The van der Waals surface area contributed by atoms with Crippen LogP contribution in [0.3, 0.4) is 0 Å². The molecule has 2 aromatic rings. The summed E-state index contributed by atoms with van der Waals surface area (Å²) >= 11 is 1.64. The molecule has 1 aromatic carbocycles. The molecule has 5 nitrogen and oxygen atoms in total. The molecule has 0 saturated heterocycles. The number of aliphatic hydroxyl groups is 1. The Balaban J connectivity index is 0.000000296. The summed E-state index contributed by atoms with van der Waals surface area (Å²) in [5.41, 5.74) is 0.117. The fraction of sp³-hybridized carbons (Fsp3) is 0.647. The molecule has 0 fully saturated rings. The fourth-order valence-electron chi connectivity index (χ4n) is 4.67. The van der Waals surface area contributed by atoms with E-state index in [-0.39, 0.29) is 40.9 Å². The molecule has 1 aromatic heterocycles. The van der Waals surface area contributed by atoms with Crippen molar-refractivity contribution in [2.24, 2.45) is 11.3 Å². The number of carbonyl (C=O) groups excluding carboxylic acids is 1. The lowest BCUT2D eigenvalue weighted by atomic mass is 9.88. The van der Waals surface area contributed by atoms with Gasteiger partial charge < -0.3 is 14.6 Å². The molecule has 1 aliphatic rings. The molecule has 3 atom stereocenters. The molecule has 0 aliphatic heterocycles. The van der Waals surface area contributed by atoms with Gasteiger partial charge in [-0.1, -0.05) is 67.0 Å². The Kier molecular flexibility index (Phi) is 13.5. The van der Waals surface area contributed by atoms with Crippen molar-refractivity contribution in [3.63, 3.8) is 0 Å². The molecule has 224 valence electrons. The minimum atomic E-state index is -0.241. The van der Waals surface area contributed by atoms with Crippen molar-refractivity contribution in [2.75, 3.05) is 13.2 Å². The standard InChI is InChI=1S/C19H20O3S.C15H32O2/c1-3-12(2)16(20)11-22-13-8-9-18-15(10-13)19(21)14-6-4-5-7-17(14)23-18;1-7-10-14(4,5)12-17-15(6,9-3)11-13(16)8-2/h6-10,12H,3-5,11H2,1-2H3;13,16H,7-12H2,1-6H3. The second kappa shape index (κ2) is 15.8. The topological polar surface area (TPSA) is 72.8 Å². The Bertz CT molecular complexity index is 1280. The van der Waals surface area contributed by atoms with Gasteiger partial charge in [0.05, 0.1) is 18.3 Å². The summed E-state index contributed by atoms with van der Waals surface area (Å²) in [6.45, 7) is 17.7. The quantitative estimate of drug-likeness (QED) is 0.271. The first-order valence-electron chi connectivity index (χ1n) is 15.1. The minimum absolute atomic E-state index is 0.00454. The van der Waals surface area contributed by atoms with E-state index in [1.54, 1.807) is 17.4 Å². The van der Waals surface area contributed by atoms with Crippen molar-refractivity contribution >= 4 is 39.4 Å². The SMILES string of the molecule is CCC(C)C(=O)COc1ccc2sc3c(c(=O)c2c1)=CCCC=3.CCCC(C)(C)COC(C)(CC)CC(O)CC. The summed E-state index contributed by atoms with van der Waals surface area (Å²) in [5, 5.41) is 11.3. The molecule has 3 unspecified atom stereocenters. The van der Waals surface area contributed by atoms with Gasteiger partial charge in [0.15, 0.2) is 11.2 Å². The lowest BCUT2D eigenvalue weighted by molar-refractivity contribution is -0.124. The summed E-state index contributed by atoms with van der Waals surface area (Å²) in [7, 11) is 0. The predicted octanol–water partition coefficient (Wildman–Crippen LogP) is 6.77. The number of hydrogen-bond donors (Lipinski definition) is 1. The molecule has 1 N–H and O–H groups in total. The number of carbonyl (C=O) groups is 1. The molecular weight excluding hydrogens is 520 g/mol. The molecule has 0 saturated carbocycles. The van der Waals surface area contributed by atoms with E-state index in [0.717, 1.165) is 59.6 Å². The maximum atomic E-state index is 12.7. The van der Waals surface area contributed by atoms with Crippen LogP contribution in [0, 0.1) is 11.3 Å². The van der Waals surface area contributed by atoms with Crippen LogP contribution in [0.5, 0.6) is 5.75 Å². The van der Waals surface area contributed by atoms with Crippen molar-refractivity contribution in [1.82, 2.24) is 0 Å². The van der Waals surface area contributed by atoms with Gasteiger partial charge >= 0.3 is 0 Å². The molecule has 6 heteroatoms. The molecule has 0 radical (unpaired) electrons. The summed E-state index contributed by atoms with van der Waals surface area (Å²) in [5.74, 6) is 0.675. The largest absolute Gasteiger partial charge is 0.486 e. The van der Waals surface area contributed by atoms with Crippen LogP contribution in [-0.4, -0.2) is 35.8 Å². The van der Waals surface area contributed by atoms with Crippen LogP contribution >= 0.6 is 11.3 Å². The monoisotopic (exact) mass is 572 g/mol. The number of ketones is 1. The smallest absolute Gasteiger partial charge is 0.195 e. The van der Waals surface area contributed by atoms with E-state index in [0.29, 0.717) is 11.1 Å². The Morgan fingerprint density at radius 2 is 1.77 bits per heavy atom. The Morgan fingerprint density at radius 1 is 1.07 bits per heavy atom. The van der Waals surface area contributed by atoms with Crippen molar-refractivity contribution in [1.29, 1.82) is 0 Å². The summed E-state index contributed by atoms with van der Waals surface area (Å²) < 4.78 is 13.7. The van der Waals surface area contributed by atoms with E-state index in [1.165, 1.54) is 12.8 Å². The van der Waals surface area contributed by atoms with Gasteiger partial charge in [-0.2, -0.15) is 0 Å². The van der Waals surface area contributed by atoms with E-state index in [9.17, 15) is 14.7 Å². The summed E-state index contributed by atoms with van der Waals surface area (Å²) in [6, 6.07) is 5.51. The van der Waals surface area contributed by atoms with Gasteiger partial charge in [-0.05, 0) is 69.1 Å². The Morgan fingerprint density at radius 3 is 2.40 bits per heavy atom. The highest BCUT2D eigenvalue weighted by Gasteiger charge is 2.29. The maximum Gasteiger partial charge on any atom is 0.195 e. The number of hydrogen-bond acceptors (Lipinski definition) is 6. The van der Waals surface area contributed by atoms with Crippen molar-refractivity contribution < 1.29 is 19.4 Å². The summed E-state index contributed by atoms with van der Waals surface area (Å²) in [6.07, 6.45) is 11.5. The third-order valence-electron chi connectivity index (χ3n) is 7.94. The number of fused-ring (bicyclic) bond motifs is 2. The highest BCUT2D eigenvalue weighted by molar-refractivity contribution is 7.16. The average Bonchev–Trinajstić information content (AvgIpc) is 2.95. The molecule has 0 amide bonds. The van der Waals surface area contributed by atoms with E-state index in [1.807, 2.05) is 39.0 Å². The molecule has 0 bridgehead atoms. The number of Topliss-reactive ketones (excluding diaryl/α,β-unsaturated/α-hetero) is 1. The lowest BCUT2D eigenvalue weighted by Crippen LogP contribution is -2.38. The first kappa shape index (κ1) is 34.2. The molecule has 1 heterocycles. The van der Waals surface area contributed by atoms with Gasteiger partial charge in [0.2, 0.25) is 0 Å². The molecule has 3 rings (SSSR count). The van der Waals surface area contributed by atoms with Crippen LogP contribution in [0.25, 0.3) is 22.2 Å². The maximum absolute atomic E-state index is 12.7. The van der Waals surface area contributed by atoms with Crippen LogP contribution in [0.2, 0.25) is 0 Å². The first-order chi connectivity index (χ1) is 18.9. The van der Waals surface area contributed by atoms with E-state index < -0.39 is 0 Å². The highest BCUT2D eigenvalue weighted by Crippen LogP contribution is 2.29. The molecule has 40 heavy (non-hydrogen) atoms. The van der Waals surface area contributed by atoms with Gasteiger partial charge in [-0.15, -0.1) is 11.3 Å². The van der Waals surface area contributed by atoms with E-state index >= 15 is 0 Å². The third kappa shape index (κ3) is 10.1. The van der Waals surface area contributed by atoms with Crippen LogP contribution in [0.4, 0.5) is 0 Å². The zero-order chi connectivity index (χ0) is 29.9. The molecule has 0 spiro atoms. The summed E-state index contributed by atoms with van der Waals surface area (Å²) in [4.78, 5) is 24.5. The second-order valence-corrected chi connectivity index (χ2v) is 13.3. The van der Waals surface area contributed by atoms with Crippen molar-refractivity contribution in [2.45, 2.75) is 118 Å². The van der Waals surface area contributed by atoms with E-state index in [4.69, 9.17) is 9.47 Å². The number of rotatable bonds is 14. The van der Waals surface area contributed by atoms with Crippen LogP contribution in [0.1, 0.15) is 107 Å². The minimum Gasteiger partial charge on any atom is -0.486 e. The Hall–Kier alpha value is -2.02.